The largest absolute Gasteiger partial charge is 3.00 e. The van der Waals surface area contributed by atoms with E-state index in [0.717, 1.165) is 38.5 Å². The van der Waals surface area contributed by atoms with Crippen LogP contribution < -0.4 is 10.2 Å². The van der Waals surface area contributed by atoms with Crippen LogP contribution in [0.1, 0.15) is 79.1 Å². The summed E-state index contributed by atoms with van der Waals surface area (Å²) in [6.07, 6.45) is 7.04. The third-order valence-electron chi connectivity index (χ3n) is 3.46. The molecule has 121 valence electrons. The van der Waals surface area contributed by atoms with Crippen LogP contribution in [0.3, 0.4) is 0 Å². The van der Waals surface area contributed by atoms with Gasteiger partial charge in [0, 0.05) is 11.9 Å². The van der Waals surface area contributed by atoms with Gasteiger partial charge in [0.2, 0.25) is 0 Å². The van der Waals surface area contributed by atoms with Crippen LogP contribution >= 0.6 is 0 Å². The molecular formula is C16H30O4Sn+. The molecule has 0 saturated heterocycles. The van der Waals surface area contributed by atoms with E-state index in [1.54, 1.807) is 0 Å². The Balaban J connectivity index is -0.000000295. The number of hydrogen-bond donors (Lipinski definition) is 0. The van der Waals surface area contributed by atoms with Gasteiger partial charge < -0.3 is 19.8 Å². The van der Waals surface area contributed by atoms with Crippen molar-refractivity contribution in [2.45, 2.75) is 79.1 Å². The number of rotatable bonds is 10. The molecule has 0 N–H and O–H groups in total. The molecule has 0 aromatic rings. The molecule has 5 heteroatoms. The molecule has 0 aliphatic heterocycles. The van der Waals surface area contributed by atoms with E-state index in [-0.39, 0.29) is 35.7 Å². The molecule has 0 aliphatic carbocycles. The maximum atomic E-state index is 10.3. The summed E-state index contributed by atoms with van der Waals surface area (Å²) in [5, 5.41) is 20.7. The Bertz CT molecular complexity index is 231. The molecule has 21 heavy (non-hydrogen) atoms. The predicted molar refractivity (Wildman–Crippen MR) is 82.4 cm³/mol. The summed E-state index contributed by atoms with van der Waals surface area (Å²) in [5.41, 5.74) is 0. The number of hydrogen-bond acceptors (Lipinski definition) is 4. The average Bonchev–Trinajstić information content (AvgIpc) is 2.40. The van der Waals surface area contributed by atoms with Crippen LogP contribution in [0.4, 0.5) is 0 Å². The molecule has 0 bridgehead atoms. The average molecular weight is 405 g/mol. The van der Waals surface area contributed by atoms with Gasteiger partial charge in [0.25, 0.3) is 0 Å². The van der Waals surface area contributed by atoms with Gasteiger partial charge in [-0.1, -0.05) is 53.4 Å². The van der Waals surface area contributed by atoms with Crippen LogP contribution in [-0.4, -0.2) is 35.8 Å². The molecule has 0 spiro atoms. The van der Waals surface area contributed by atoms with Crippen molar-refractivity contribution >= 4 is 35.8 Å². The minimum absolute atomic E-state index is 0. The van der Waals surface area contributed by atoms with Gasteiger partial charge in [-0.2, -0.15) is 0 Å². The second-order valence-electron chi connectivity index (χ2n) is 5.13. The number of carbonyl (C=O) groups is 2. The van der Waals surface area contributed by atoms with E-state index in [2.05, 4.69) is 13.8 Å². The van der Waals surface area contributed by atoms with Crippen LogP contribution in [0.15, 0.2) is 0 Å². The van der Waals surface area contributed by atoms with E-state index in [1.807, 2.05) is 13.8 Å². The number of carbonyl (C=O) groups excluding carboxylic acids is 2. The first kappa shape index (κ1) is 25.7. The maximum Gasteiger partial charge on any atom is 3.00 e. The summed E-state index contributed by atoms with van der Waals surface area (Å²) in [7, 11) is 0. The summed E-state index contributed by atoms with van der Waals surface area (Å²) in [6.45, 7) is 7.89. The molecular weight excluding hydrogens is 375 g/mol. The Morgan fingerprint density at radius 2 is 1.05 bits per heavy atom. The summed E-state index contributed by atoms with van der Waals surface area (Å²) in [5.74, 6) is -2.23. The Labute approximate surface area is 146 Å². The number of unbranched alkanes of at least 4 members (excludes halogenated alkanes) is 2. The maximum absolute atomic E-state index is 10.3. The Hall–Kier alpha value is -0.261. The molecule has 0 aromatic carbocycles. The van der Waals surface area contributed by atoms with Gasteiger partial charge in [0.15, 0.2) is 0 Å². The summed E-state index contributed by atoms with van der Waals surface area (Å²) in [4.78, 5) is 20.7. The topological polar surface area (TPSA) is 80.3 Å². The summed E-state index contributed by atoms with van der Waals surface area (Å²) in [6, 6.07) is 0. The normalized spacial score (nSPS) is 12.4. The predicted octanol–water partition coefficient (Wildman–Crippen LogP) is 1.52. The van der Waals surface area contributed by atoms with E-state index >= 15 is 0 Å². The van der Waals surface area contributed by atoms with E-state index in [4.69, 9.17) is 0 Å². The number of carboxylic acid groups (broad SMARTS) is 2. The van der Waals surface area contributed by atoms with Crippen LogP contribution in [0, 0.1) is 11.8 Å². The van der Waals surface area contributed by atoms with Gasteiger partial charge in [-0.05, 0) is 37.5 Å². The fourth-order valence-electron chi connectivity index (χ4n) is 1.88. The zero-order valence-corrected chi connectivity index (χ0v) is 16.8. The van der Waals surface area contributed by atoms with Gasteiger partial charge in [0.05, 0.1) is 0 Å². The van der Waals surface area contributed by atoms with Crippen molar-refractivity contribution < 1.29 is 19.8 Å². The van der Waals surface area contributed by atoms with Gasteiger partial charge in [-0.25, -0.2) is 0 Å². The van der Waals surface area contributed by atoms with Gasteiger partial charge in [-0.15, -0.1) is 0 Å². The van der Waals surface area contributed by atoms with Crippen LogP contribution in [0.25, 0.3) is 0 Å². The molecule has 0 saturated carbocycles. The van der Waals surface area contributed by atoms with Crippen LogP contribution in [0.5, 0.6) is 0 Å². The smallest absolute Gasteiger partial charge is 0.550 e. The van der Waals surface area contributed by atoms with Gasteiger partial charge in [-0.3, -0.25) is 0 Å². The number of carboxylic acids is 2. The molecule has 0 aliphatic rings. The van der Waals surface area contributed by atoms with Crippen LogP contribution in [0.2, 0.25) is 0 Å². The Kier molecular flexibility index (Phi) is 21.8. The molecule has 4 nitrogen and oxygen atoms in total. The first-order chi connectivity index (χ1) is 9.44. The first-order valence-corrected chi connectivity index (χ1v) is 7.86. The Morgan fingerprint density at radius 1 is 0.762 bits per heavy atom. The third-order valence-corrected chi connectivity index (χ3v) is 3.46. The molecule has 1 radical (unpaired) electrons. The first-order valence-electron chi connectivity index (χ1n) is 7.86. The van der Waals surface area contributed by atoms with E-state index in [1.165, 1.54) is 0 Å². The standard InChI is InChI=1S/2C8H16O2.Sn/c2*1-3-5-6-7(4-2)8(9)10;/h2*7H,3-6H2,1-2H3,(H,9,10);/q;;+3/p-2. The van der Waals surface area contributed by atoms with Crippen molar-refractivity contribution in [1.29, 1.82) is 0 Å². The van der Waals surface area contributed by atoms with Crippen molar-refractivity contribution in [3.05, 3.63) is 0 Å². The molecule has 0 fully saturated rings. The zero-order chi connectivity index (χ0) is 16.0. The minimum Gasteiger partial charge on any atom is -0.550 e. The summed E-state index contributed by atoms with van der Waals surface area (Å²) < 4.78 is 0. The molecule has 0 amide bonds. The van der Waals surface area contributed by atoms with Crippen molar-refractivity contribution in [1.82, 2.24) is 0 Å². The molecule has 0 aromatic heterocycles. The van der Waals surface area contributed by atoms with E-state index in [0.29, 0.717) is 12.8 Å². The van der Waals surface area contributed by atoms with Crippen molar-refractivity contribution in [3.8, 4) is 0 Å². The van der Waals surface area contributed by atoms with E-state index < -0.39 is 11.9 Å². The molecule has 2 unspecified atom stereocenters. The van der Waals surface area contributed by atoms with Crippen molar-refractivity contribution in [2.75, 3.05) is 0 Å². The molecule has 0 heterocycles. The molecule has 0 rings (SSSR count). The third kappa shape index (κ3) is 15.9. The number of aliphatic carboxylic acids is 2. The SMILES string of the molecule is CCCCC(CC)C(=O)[O-].CCCCC(CC)C(=O)[O-].[Sn+3]. The van der Waals surface area contributed by atoms with Crippen molar-refractivity contribution in [2.24, 2.45) is 11.8 Å². The van der Waals surface area contributed by atoms with Gasteiger partial charge in [0.1, 0.15) is 0 Å². The minimum atomic E-state index is -0.893. The monoisotopic (exact) mass is 406 g/mol. The van der Waals surface area contributed by atoms with Crippen LogP contribution in [-0.2, 0) is 9.59 Å². The second kappa shape index (κ2) is 17.8. The fourth-order valence-corrected chi connectivity index (χ4v) is 1.88. The van der Waals surface area contributed by atoms with E-state index in [9.17, 15) is 19.8 Å². The molecule has 2 atom stereocenters. The Morgan fingerprint density at radius 3 is 1.19 bits per heavy atom. The quantitative estimate of drug-likeness (QED) is 0.517. The van der Waals surface area contributed by atoms with Crippen molar-refractivity contribution in [3.63, 3.8) is 0 Å². The van der Waals surface area contributed by atoms with Gasteiger partial charge >= 0.3 is 23.9 Å². The second-order valence-corrected chi connectivity index (χ2v) is 5.13. The summed E-state index contributed by atoms with van der Waals surface area (Å²) >= 11 is 0. The fraction of sp³-hybridized carbons (Fsp3) is 0.875. The zero-order valence-electron chi connectivity index (χ0n) is 13.9.